The number of hydrogen-bond donors (Lipinski definition) is 7. The van der Waals surface area contributed by atoms with Crippen LogP contribution in [0.15, 0.2) is 0 Å². The van der Waals surface area contributed by atoms with Crippen LogP contribution in [0.3, 0.4) is 0 Å². The molecule has 0 bridgehead atoms. The molecule has 11 N–H and O–H groups in total. The van der Waals surface area contributed by atoms with Crippen molar-refractivity contribution in [3.8, 4) is 0 Å². The molecule has 10 nitrogen and oxygen atoms in total. The fourth-order valence-corrected chi connectivity index (χ4v) is 2.38. The zero-order valence-electron chi connectivity index (χ0n) is 15.3. The van der Waals surface area contributed by atoms with Gasteiger partial charge in [-0.3, -0.25) is 9.59 Å². The molecule has 3 atom stereocenters. The summed E-state index contributed by atoms with van der Waals surface area (Å²) in [6, 6.07) is -2.72. The van der Waals surface area contributed by atoms with Gasteiger partial charge in [0.15, 0.2) is 0 Å². The zero-order valence-corrected chi connectivity index (χ0v) is 15.3. The standard InChI is InChI=1S/C16H34N6O4/c17-8-3-1-5-11(20)14(23)21-12(7-10-19)15(24)22-13(16(25)26)6-2-4-9-18/h11-13H,1-10,17-20H2,(H,21,23)(H,22,24)(H,25,26)/t11-,12-,13-/m0/s1. The van der Waals surface area contributed by atoms with Gasteiger partial charge in [-0.2, -0.15) is 0 Å². The van der Waals surface area contributed by atoms with E-state index in [-0.39, 0.29) is 19.4 Å². The van der Waals surface area contributed by atoms with Crippen LogP contribution in [0.1, 0.15) is 44.9 Å². The normalized spacial score (nSPS) is 14.3. The van der Waals surface area contributed by atoms with Crippen molar-refractivity contribution >= 4 is 17.8 Å². The van der Waals surface area contributed by atoms with Crippen LogP contribution in [0, 0.1) is 0 Å². The Hall–Kier alpha value is -1.75. The van der Waals surface area contributed by atoms with Gasteiger partial charge in [0, 0.05) is 0 Å². The summed E-state index contributed by atoms with van der Waals surface area (Å²) in [5, 5.41) is 14.2. The van der Waals surface area contributed by atoms with Gasteiger partial charge < -0.3 is 38.7 Å². The molecule has 0 aliphatic rings. The van der Waals surface area contributed by atoms with E-state index < -0.39 is 35.9 Å². The van der Waals surface area contributed by atoms with Crippen molar-refractivity contribution in [2.75, 3.05) is 19.6 Å². The Morgan fingerprint density at radius 1 is 0.731 bits per heavy atom. The maximum atomic E-state index is 12.4. The number of hydrogen-bond acceptors (Lipinski definition) is 7. The molecule has 152 valence electrons. The van der Waals surface area contributed by atoms with E-state index in [1.807, 2.05) is 0 Å². The minimum Gasteiger partial charge on any atom is -0.480 e. The van der Waals surface area contributed by atoms with Crippen LogP contribution < -0.4 is 33.6 Å². The minimum atomic E-state index is -1.13. The molecule has 0 aliphatic heterocycles. The second kappa shape index (κ2) is 14.4. The minimum absolute atomic E-state index is 0.158. The van der Waals surface area contributed by atoms with Crippen molar-refractivity contribution in [2.45, 2.75) is 63.1 Å². The van der Waals surface area contributed by atoms with Gasteiger partial charge in [-0.1, -0.05) is 6.42 Å². The van der Waals surface area contributed by atoms with Gasteiger partial charge in [0.05, 0.1) is 6.04 Å². The summed E-state index contributed by atoms with van der Waals surface area (Å²) in [6.45, 7) is 1.13. The molecule has 10 heteroatoms. The molecule has 0 rings (SSSR count). The number of amides is 2. The topological polar surface area (TPSA) is 200 Å². The maximum absolute atomic E-state index is 12.4. The maximum Gasteiger partial charge on any atom is 0.326 e. The smallest absolute Gasteiger partial charge is 0.326 e. The number of nitrogens with two attached hydrogens (primary N) is 4. The van der Waals surface area contributed by atoms with Crippen LogP contribution in [0.2, 0.25) is 0 Å². The molecule has 2 amide bonds. The van der Waals surface area contributed by atoms with Gasteiger partial charge in [-0.25, -0.2) is 4.79 Å². The second-order valence-electron chi connectivity index (χ2n) is 6.21. The van der Waals surface area contributed by atoms with E-state index in [9.17, 15) is 19.5 Å². The van der Waals surface area contributed by atoms with Crippen LogP contribution in [0.25, 0.3) is 0 Å². The quantitative estimate of drug-likeness (QED) is 0.159. The summed E-state index contributed by atoms with van der Waals surface area (Å²) in [4.78, 5) is 35.8. The molecular formula is C16H34N6O4. The molecule has 0 aromatic rings. The summed E-state index contributed by atoms with van der Waals surface area (Å²) in [5.41, 5.74) is 22.1. The first-order chi connectivity index (χ1) is 12.4. The Bertz CT molecular complexity index is 435. The third-order valence-electron chi connectivity index (χ3n) is 3.96. The lowest BCUT2D eigenvalue weighted by molar-refractivity contribution is -0.142. The van der Waals surface area contributed by atoms with Crippen LogP contribution in [-0.4, -0.2) is 60.6 Å². The third kappa shape index (κ3) is 10.3. The molecule has 26 heavy (non-hydrogen) atoms. The lowest BCUT2D eigenvalue weighted by Crippen LogP contribution is -2.55. The van der Waals surface area contributed by atoms with E-state index >= 15 is 0 Å². The van der Waals surface area contributed by atoms with Crippen molar-refractivity contribution in [3.05, 3.63) is 0 Å². The first-order valence-electron chi connectivity index (χ1n) is 9.06. The van der Waals surface area contributed by atoms with Crippen molar-refractivity contribution in [3.63, 3.8) is 0 Å². The molecule has 0 spiro atoms. The number of carboxylic acids is 1. The molecule has 0 heterocycles. The fourth-order valence-electron chi connectivity index (χ4n) is 2.38. The van der Waals surface area contributed by atoms with E-state index in [0.717, 1.165) is 6.42 Å². The molecule has 0 fully saturated rings. The van der Waals surface area contributed by atoms with Crippen molar-refractivity contribution in [1.82, 2.24) is 10.6 Å². The predicted octanol–water partition coefficient (Wildman–Crippen LogP) is -2.03. The molecule has 0 unspecified atom stereocenters. The number of nitrogens with one attached hydrogen (secondary N) is 2. The van der Waals surface area contributed by atoms with E-state index in [4.69, 9.17) is 22.9 Å². The largest absolute Gasteiger partial charge is 0.480 e. The number of unbranched alkanes of at least 4 members (excludes halogenated alkanes) is 2. The van der Waals surface area contributed by atoms with Crippen molar-refractivity contribution in [1.29, 1.82) is 0 Å². The highest BCUT2D eigenvalue weighted by Crippen LogP contribution is 2.04. The average molecular weight is 374 g/mol. The van der Waals surface area contributed by atoms with E-state index in [1.54, 1.807) is 0 Å². The molecule has 0 saturated carbocycles. The molecule has 0 aromatic heterocycles. The number of carboxylic acid groups (broad SMARTS) is 1. The summed E-state index contributed by atoms with van der Waals surface area (Å²) >= 11 is 0. The van der Waals surface area contributed by atoms with E-state index in [0.29, 0.717) is 38.8 Å². The molecule has 0 aliphatic carbocycles. The monoisotopic (exact) mass is 374 g/mol. The van der Waals surface area contributed by atoms with Gasteiger partial charge in [-0.15, -0.1) is 0 Å². The summed E-state index contributed by atoms with van der Waals surface area (Å²) in [6.07, 6.45) is 3.62. The first-order valence-corrected chi connectivity index (χ1v) is 9.06. The number of carbonyl (C=O) groups is 3. The number of rotatable bonds is 15. The van der Waals surface area contributed by atoms with Gasteiger partial charge in [0.2, 0.25) is 11.8 Å². The average Bonchev–Trinajstić information content (AvgIpc) is 2.60. The van der Waals surface area contributed by atoms with Crippen LogP contribution >= 0.6 is 0 Å². The first kappa shape index (κ1) is 24.2. The van der Waals surface area contributed by atoms with Gasteiger partial charge in [-0.05, 0) is 58.2 Å². The Labute approximate surface area is 154 Å². The molecular weight excluding hydrogens is 340 g/mol. The van der Waals surface area contributed by atoms with Crippen molar-refractivity contribution < 1.29 is 19.5 Å². The summed E-state index contributed by atoms with van der Waals surface area (Å²) in [7, 11) is 0. The lowest BCUT2D eigenvalue weighted by Gasteiger charge is -2.22. The number of aliphatic carboxylic acids is 1. The van der Waals surface area contributed by atoms with Gasteiger partial charge in [0.1, 0.15) is 12.1 Å². The summed E-state index contributed by atoms with van der Waals surface area (Å²) in [5.74, 6) is -2.18. The lowest BCUT2D eigenvalue weighted by atomic mass is 10.1. The summed E-state index contributed by atoms with van der Waals surface area (Å²) < 4.78 is 0. The highest BCUT2D eigenvalue weighted by atomic mass is 16.4. The fraction of sp³-hybridized carbons (Fsp3) is 0.812. The Morgan fingerprint density at radius 3 is 1.77 bits per heavy atom. The Balaban J connectivity index is 4.70. The molecule has 0 radical (unpaired) electrons. The SMILES string of the molecule is NCCCC[C@H](NC(=O)[C@H](CCN)NC(=O)[C@@H](N)CCCCN)C(=O)O. The zero-order chi connectivity index (χ0) is 19.9. The van der Waals surface area contributed by atoms with Crippen LogP contribution in [0.4, 0.5) is 0 Å². The third-order valence-corrected chi connectivity index (χ3v) is 3.96. The molecule has 0 aromatic carbocycles. The van der Waals surface area contributed by atoms with Gasteiger partial charge >= 0.3 is 5.97 Å². The number of carbonyl (C=O) groups excluding carboxylic acids is 2. The van der Waals surface area contributed by atoms with Gasteiger partial charge in [0.25, 0.3) is 0 Å². The van der Waals surface area contributed by atoms with E-state index in [1.165, 1.54) is 0 Å². The van der Waals surface area contributed by atoms with Crippen LogP contribution in [-0.2, 0) is 14.4 Å². The van der Waals surface area contributed by atoms with E-state index in [2.05, 4.69) is 10.6 Å². The highest BCUT2D eigenvalue weighted by molar-refractivity contribution is 5.91. The predicted molar refractivity (Wildman–Crippen MR) is 99.0 cm³/mol. The van der Waals surface area contributed by atoms with Crippen LogP contribution in [0.5, 0.6) is 0 Å². The van der Waals surface area contributed by atoms with Crippen molar-refractivity contribution in [2.24, 2.45) is 22.9 Å². The second-order valence-corrected chi connectivity index (χ2v) is 6.21. The Kier molecular flexibility index (Phi) is 13.5. The Morgan fingerprint density at radius 2 is 1.27 bits per heavy atom. The molecule has 0 saturated heterocycles. The highest BCUT2D eigenvalue weighted by Gasteiger charge is 2.27.